The van der Waals surface area contributed by atoms with Gasteiger partial charge in [-0.05, 0) is 19.4 Å². The summed E-state index contributed by atoms with van der Waals surface area (Å²) in [6.07, 6.45) is -1.04. The van der Waals surface area contributed by atoms with Gasteiger partial charge >= 0.3 is 5.97 Å². The molecule has 17 heavy (non-hydrogen) atoms. The highest BCUT2D eigenvalue weighted by molar-refractivity contribution is 5.72. The third-order valence-corrected chi connectivity index (χ3v) is 2.30. The molecule has 0 radical (unpaired) electrons. The van der Waals surface area contributed by atoms with Gasteiger partial charge in [-0.15, -0.1) is 0 Å². The molecule has 4 heteroatoms. The minimum atomic E-state index is -0.972. The molecule has 2 atom stereocenters. The zero-order valence-electron chi connectivity index (χ0n) is 10.1. The lowest BCUT2D eigenvalue weighted by atomic mass is 10.1. The molecule has 0 fully saturated rings. The van der Waals surface area contributed by atoms with E-state index in [9.17, 15) is 4.79 Å². The summed E-state index contributed by atoms with van der Waals surface area (Å²) in [7, 11) is 0. The summed E-state index contributed by atoms with van der Waals surface area (Å²) >= 11 is 0. The quantitative estimate of drug-likeness (QED) is 0.739. The highest BCUT2D eigenvalue weighted by atomic mass is 16.7. The largest absolute Gasteiger partial charge is 0.479 e. The first-order chi connectivity index (χ1) is 8.13. The predicted octanol–water partition coefficient (Wildman–Crippen LogP) is 2.08. The maximum absolute atomic E-state index is 11.1. The monoisotopic (exact) mass is 238 g/mol. The van der Waals surface area contributed by atoms with E-state index < -0.39 is 18.4 Å². The third-order valence-electron chi connectivity index (χ3n) is 2.30. The summed E-state index contributed by atoms with van der Waals surface area (Å²) in [4.78, 5) is 11.1. The Labute approximate surface area is 101 Å². The van der Waals surface area contributed by atoms with Crippen LogP contribution in [0.5, 0.6) is 0 Å². The molecular formula is C13H18O4. The van der Waals surface area contributed by atoms with Crippen molar-refractivity contribution in [1.29, 1.82) is 0 Å². The molecule has 0 unspecified atom stereocenters. The predicted molar refractivity (Wildman–Crippen MR) is 63.7 cm³/mol. The fraction of sp³-hybridized carbons (Fsp3) is 0.462. The van der Waals surface area contributed by atoms with Gasteiger partial charge in [0, 0.05) is 13.0 Å². The number of hydrogen-bond donors (Lipinski definition) is 1. The van der Waals surface area contributed by atoms with Gasteiger partial charge in [-0.2, -0.15) is 0 Å². The molecule has 1 aromatic carbocycles. The van der Waals surface area contributed by atoms with Crippen LogP contribution in [-0.2, 0) is 20.7 Å². The number of carboxylic acids is 1. The lowest BCUT2D eigenvalue weighted by Crippen LogP contribution is -2.31. The van der Waals surface area contributed by atoms with Crippen LogP contribution < -0.4 is 0 Å². The topological polar surface area (TPSA) is 55.8 Å². The molecule has 0 spiro atoms. The van der Waals surface area contributed by atoms with E-state index >= 15 is 0 Å². The van der Waals surface area contributed by atoms with Crippen molar-refractivity contribution in [2.45, 2.75) is 32.7 Å². The van der Waals surface area contributed by atoms with Gasteiger partial charge in [0.05, 0.1) is 0 Å². The van der Waals surface area contributed by atoms with Crippen LogP contribution in [-0.4, -0.2) is 30.1 Å². The first-order valence-corrected chi connectivity index (χ1v) is 5.67. The zero-order chi connectivity index (χ0) is 12.7. The summed E-state index contributed by atoms with van der Waals surface area (Å²) in [5.74, 6) is -0.972. The number of benzene rings is 1. The van der Waals surface area contributed by atoms with Crippen molar-refractivity contribution in [2.24, 2.45) is 0 Å². The van der Waals surface area contributed by atoms with E-state index in [1.54, 1.807) is 6.92 Å². The fourth-order valence-electron chi connectivity index (χ4n) is 1.53. The van der Waals surface area contributed by atoms with E-state index in [1.807, 2.05) is 37.3 Å². The van der Waals surface area contributed by atoms with Gasteiger partial charge < -0.3 is 14.6 Å². The Morgan fingerprint density at radius 3 is 2.53 bits per heavy atom. The van der Waals surface area contributed by atoms with Crippen molar-refractivity contribution in [3.05, 3.63) is 35.9 Å². The van der Waals surface area contributed by atoms with E-state index in [2.05, 4.69) is 0 Å². The van der Waals surface area contributed by atoms with Crippen molar-refractivity contribution in [3.63, 3.8) is 0 Å². The Morgan fingerprint density at radius 1 is 1.35 bits per heavy atom. The van der Waals surface area contributed by atoms with E-state index in [4.69, 9.17) is 14.6 Å². The summed E-state index contributed by atoms with van der Waals surface area (Å²) in [5.41, 5.74) is 0.934. The van der Waals surface area contributed by atoms with Crippen LogP contribution in [0.15, 0.2) is 30.3 Å². The van der Waals surface area contributed by atoms with Gasteiger partial charge in [0.15, 0.2) is 12.4 Å². The molecule has 1 N–H and O–H groups in total. The van der Waals surface area contributed by atoms with Crippen LogP contribution in [0.3, 0.4) is 0 Å². The Morgan fingerprint density at radius 2 is 2.00 bits per heavy atom. The van der Waals surface area contributed by atoms with Crippen LogP contribution >= 0.6 is 0 Å². The molecule has 0 bridgehead atoms. The molecule has 1 aromatic rings. The summed E-state index contributed by atoms with van der Waals surface area (Å²) in [5, 5.41) is 9.07. The Kier molecular flexibility index (Phi) is 5.66. The second-order valence-electron chi connectivity index (χ2n) is 3.68. The van der Waals surface area contributed by atoms with Gasteiger partial charge in [0.1, 0.15) is 0 Å². The SMILES string of the molecule is CCO[C@H](C)O[C@@H](Cc1ccccc1)C(=O)O. The summed E-state index contributed by atoms with van der Waals surface area (Å²) in [6.45, 7) is 4.04. The Bertz CT molecular complexity index is 337. The second-order valence-corrected chi connectivity index (χ2v) is 3.68. The van der Waals surface area contributed by atoms with E-state index in [0.717, 1.165) is 5.56 Å². The average Bonchev–Trinajstić information content (AvgIpc) is 2.29. The number of carbonyl (C=O) groups is 1. The van der Waals surface area contributed by atoms with Crippen molar-refractivity contribution in [1.82, 2.24) is 0 Å². The van der Waals surface area contributed by atoms with Gasteiger partial charge in [-0.1, -0.05) is 30.3 Å². The van der Waals surface area contributed by atoms with Crippen molar-refractivity contribution >= 4 is 5.97 Å². The Hall–Kier alpha value is -1.39. The number of hydrogen-bond acceptors (Lipinski definition) is 3. The lowest BCUT2D eigenvalue weighted by Gasteiger charge is -2.19. The summed E-state index contributed by atoms with van der Waals surface area (Å²) in [6, 6.07) is 9.40. The zero-order valence-corrected chi connectivity index (χ0v) is 10.1. The first-order valence-electron chi connectivity index (χ1n) is 5.67. The minimum Gasteiger partial charge on any atom is -0.479 e. The number of aliphatic carboxylic acids is 1. The molecule has 0 amide bonds. The maximum Gasteiger partial charge on any atom is 0.333 e. The smallest absolute Gasteiger partial charge is 0.333 e. The van der Waals surface area contributed by atoms with Gasteiger partial charge in [-0.25, -0.2) is 4.79 Å². The molecular weight excluding hydrogens is 220 g/mol. The van der Waals surface area contributed by atoms with Crippen LogP contribution in [0.1, 0.15) is 19.4 Å². The number of carboxylic acid groups (broad SMARTS) is 1. The molecule has 0 saturated carbocycles. The van der Waals surface area contributed by atoms with Gasteiger partial charge in [-0.3, -0.25) is 0 Å². The molecule has 1 rings (SSSR count). The second kappa shape index (κ2) is 7.04. The minimum absolute atomic E-state index is 0.341. The molecule has 0 aliphatic heterocycles. The van der Waals surface area contributed by atoms with Crippen LogP contribution in [0.2, 0.25) is 0 Å². The third kappa shape index (κ3) is 4.97. The number of ether oxygens (including phenoxy) is 2. The molecule has 4 nitrogen and oxygen atoms in total. The van der Waals surface area contributed by atoms with Crippen LogP contribution in [0.25, 0.3) is 0 Å². The lowest BCUT2D eigenvalue weighted by molar-refractivity contribution is -0.182. The molecule has 0 aromatic heterocycles. The first kappa shape index (κ1) is 13.7. The summed E-state index contributed by atoms with van der Waals surface area (Å²) < 4.78 is 10.5. The molecule has 94 valence electrons. The van der Waals surface area contributed by atoms with Gasteiger partial charge in [0.2, 0.25) is 0 Å². The van der Waals surface area contributed by atoms with Crippen molar-refractivity contribution < 1.29 is 19.4 Å². The number of rotatable bonds is 7. The highest BCUT2D eigenvalue weighted by Crippen LogP contribution is 2.09. The van der Waals surface area contributed by atoms with Crippen LogP contribution in [0, 0.1) is 0 Å². The van der Waals surface area contributed by atoms with E-state index in [-0.39, 0.29) is 0 Å². The van der Waals surface area contributed by atoms with Gasteiger partial charge in [0.25, 0.3) is 0 Å². The Balaban J connectivity index is 2.58. The van der Waals surface area contributed by atoms with Crippen LogP contribution in [0.4, 0.5) is 0 Å². The van der Waals surface area contributed by atoms with E-state index in [1.165, 1.54) is 0 Å². The average molecular weight is 238 g/mol. The molecule has 0 heterocycles. The van der Waals surface area contributed by atoms with Crippen molar-refractivity contribution in [2.75, 3.05) is 6.61 Å². The highest BCUT2D eigenvalue weighted by Gasteiger charge is 2.21. The van der Waals surface area contributed by atoms with E-state index in [0.29, 0.717) is 13.0 Å². The normalized spacial score (nSPS) is 14.2. The standard InChI is InChI=1S/C13H18O4/c1-3-16-10(2)17-12(13(14)15)9-11-7-5-4-6-8-11/h4-8,10,12H,3,9H2,1-2H3,(H,14,15)/t10-,12-/m0/s1. The molecule has 0 aliphatic rings. The maximum atomic E-state index is 11.1. The molecule has 0 aliphatic carbocycles. The fourth-order valence-corrected chi connectivity index (χ4v) is 1.53. The van der Waals surface area contributed by atoms with Crippen molar-refractivity contribution in [3.8, 4) is 0 Å². The molecule has 0 saturated heterocycles.